The summed E-state index contributed by atoms with van der Waals surface area (Å²) in [5.74, 6) is 0. The second kappa shape index (κ2) is 8.29. The van der Waals surface area contributed by atoms with E-state index in [-0.39, 0.29) is 15.7 Å². The van der Waals surface area contributed by atoms with E-state index in [4.69, 9.17) is 23.2 Å². The van der Waals surface area contributed by atoms with Crippen LogP contribution in [0.5, 0.6) is 0 Å². The van der Waals surface area contributed by atoms with Crippen molar-refractivity contribution in [2.75, 3.05) is 31.5 Å². The molecule has 1 rings (SSSR count). The summed E-state index contributed by atoms with van der Waals surface area (Å²) in [6, 6.07) is 2.61. The number of nitro benzene ring substituents is 1. The largest absolute Gasteiger partial charge is 0.381 e. The Bertz CT molecular complexity index is 446. The van der Waals surface area contributed by atoms with E-state index in [1.54, 1.807) is 0 Å². The third-order valence-electron chi connectivity index (χ3n) is 2.95. The van der Waals surface area contributed by atoms with Gasteiger partial charge in [-0.3, -0.25) is 10.1 Å². The first-order valence-electron chi connectivity index (χ1n) is 6.59. The van der Waals surface area contributed by atoms with E-state index in [1.165, 1.54) is 12.1 Å². The summed E-state index contributed by atoms with van der Waals surface area (Å²) in [6.07, 6.45) is 1.10. The lowest BCUT2D eigenvalue weighted by atomic mass is 10.2. The van der Waals surface area contributed by atoms with Gasteiger partial charge in [-0.15, -0.1) is 0 Å². The van der Waals surface area contributed by atoms with Crippen molar-refractivity contribution in [2.24, 2.45) is 0 Å². The molecular weight excluding hydrogens is 301 g/mol. The standard InChI is InChI=1S/C13H19Cl2N3O2/c1-3-6-17(4-2)7-5-16-13-11(14)8-10(18(19)20)9-12(13)15/h8-9,16H,3-7H2,1-2H3. The summed E-state index contributed by atoms with van der Waals surface area (Å²) in [4.78, 5) is 12.5. The first kappa shape index (κ1) is 17.0. The molecule has 0 heterocycles. The van der Waals surface area contributed by atoms with Crippen molar-refractivity contribution in [1.82, 2.24) is 4.90 Å². The van der Waals surface area contributed by atoms with E-state index in [1.807, 2.05) is 0 Å². The molecule has 0 spiro atoms. The van der Waals surface area contributed by atoms with Gasteiger partial charge in [0.2, 0.25) is 0 Å². The summed E-state index contributed by atoms with van der Waals surface area (Å²) in [5.41, 5.74) is 0.443. The highest BCUT2D eigenvalue weighted by atomic mass is 35.5. The van der Waals surface area contributed by atoms with E-state index in [2.05, 4.69) is 24.1 Å². The van der Waals surface area contributed by atoms with Crippen LogP contribution < -0.4 is 5.32 Å². The molecule has 1 aromatic rings. The van der Waals surface area contributed by atoms with E-state index in [0.29, 0.717) is 12.2 Å². The predicted octanol–water partition coefficient (Wildman–Crippen LogP) is 4.05. The quantitative estimate of drug-likeness (QED) is 0.580. The van der Waals surface area contributed by atoms with Crippen molar-refractivity contribution >= 4 is 34.6 Å². The maximum Gasteiger partial charge on any atom is 0.272 e. The minimum absolute atomic E-state index is 0.105. The van der Waals surface area contributed by atoms with E-state index in [0.717, 1.165) is 26.1 Å². The summed E-state index contributed by atoms with van der Waals surface area (Å²) in [7, 11) is 0. The molecule has 0 aliphatic rings. The number of hydrogen-bond acceptors (Lipinski definition) is 4. The number of rotatable bonds is 8. The Morgan fingerprint density at radius 2 is 1.85 bits per heavy atom. The molecule has 0 fully saturated rings. The molecule has 0 radical (unpaired) electrons. The minimum Gasteiger partial charge on any atom is -0.381 e. The maximum atomic E-state index is 10.7. The lowest BCUT2D eigenvalue weighted by Gasteiger charge is -2.20. The molecule has 0 aromatic heterocycles. The van der Waals surface area contributed by atoms with Gasteiger partial charge in [0.05, 0.1) is 20.7 Å². The van der Waals surface area contributed by atoms with Crippen LogP contribution in [-0.4, -0.2) is 36.0 Å². The SMILES string of the molecule is CCCN(CC)CCNc1c(Cl)cc([N+](=O)[O-])cc1Cl. The van der Waals surface area contributed by atoms with Crippen molar-refractivity contribution in [2.45, 2.75) is 20.3 Å². The number of hydrogen-bond donors (Lipinski definition) is 1. The number of anilines is 1. The van der Waals surface area contributed by atoms with Crippen LogP contribution >= 0.6 is 23.2 Å². The van der Waals surface area contributed by atoms with Crippen LogP contribution in [0.4, 0.5) is 11.4 Å². The molecule has 7 heteroatoms. The minimum atomic E-state index is -0.512. The van der Waals surface area contributed by atoms with Gasteiger partial charge in [0, 0.05) is 25.2 Å². The molecule has 0 atom stereocenters. The molecule has 0 saturated carbocycles. The van der Waals surface area contributed by atoms with E-state index >= 15 is 0 Å². The van der Waals surface area contributed by atoms with Crippen LogP contribution in [0.15, 0.2) is 12.1 Å². The molecule has 1 N–H and O–H groups in total. The van der Waals surface area contributed by atoms with Crippen LogP contribution in [0, 0.1) is 10.1 Å². The fourth-order valence-corrected chi connectivity index (χ4v) is 2.53. The van der Waals surface area contributed by atoms with Crippen molar-refractivity contribution in [3.05, 3.63) is 32.3 Å². The third-order valence-corrected chi connectivity index (χ3v) is 3.55. The maximum absolute atomic E-state index is 10.7. The van der Waals surface area contributed by atoms with E-state index < -0.39 is 4.92 Å². The van der Waals surface area contributed by atoms with Gasteiger partial charge in [-0.25, -0.2) is 0 Å². The highest BCUT2D eigenvalue weighted by Crippen LogP contribution is 2.34. The molecule has 0 bridgehead atoms. The Kier molecular flexibility index (Phi) is 7.05. The first-order chi connectivity index (χ1) is 9.49. The zero-order chi connectivity index (χ0) is 15.1. The van der Waals surface area contributed by atoms with Gasteiger partial charge >= 0.3 is 0 Å². The molecule has 20 heavy (non-hydrogen) atoms. The van der Waals surface area contributed by atoms with Gasteiger partial charge in [-0.05, 0) is 19.5 Å². The Labute approximate surface area is 129 Å². The molecule has 0 aliphatic carbocycles. The fourth-order valence-electron chi connectivity index (χ4n) is 1.92. The zero-order valence-electron chi connectivity index (χ0n) is 11.7. The number of nitro groups is 1. The van der Waals surface area contributed by atoms with Crippen LogP contribution in [0.25, 0.3) is 0 Å². The number of nitrogens with zero attached hydrogens (tertiary/aromatic N) is 2. The van der Waals surface area contributed by atoms with E-state index in [9.17, 15) is 10.1 Å². The molecule has 1 aromatic carbocycles. The molecule has 0 amide bonds. The van der Waals surface area contributed by atoms with Crippen molar-refractivity contribution in [1.29, 1.82) is 0 Å². The summed E-state index contributed by atoms with van der Waals surface area (Å²) in [6.45, 7) is 7.83. The van der Waals surface area contributed by atoms with Crippen LogP contribution in [0.2, 0.25) is 10.0 Å². The highest BCUT2D eigenvalue weighted by molar-refractivity contribution is 6.39. The molecule has 0 unspecified atom stereocenters. The average Bonchev–Trinajstić information content (AvgIpc) is 2.40. The molecular formula is C13H19Cl2N3O2. The Balaban J connectivity index is 2.66. The van der Waals surface area contributed by atoms with Crippen LogP contribution in [0.3, 0.4) is 0 Å². The number of benzene rings is 1. The molecule has 0 saturated heterocycles. The smallest absolute Gasteiger partial charge is 0.272 e. The van der Waals surface area contributed by atoms with Gasteiger partial charge in [0.15, 0.2) is 0 Å². The van der Waals surface area contributed by atoms with Gasteiger partial charge in [-0.2, -0.15) is 0 Å². The fraction of sp³-hybridized carbons (Fsp3) is 0.538. The number of halogens is 2. The second-order valence-electron chi connectivity index (χ2n) is 4.40. The lowest BCUT2D eigenvalue weighted by molar-refractivity contribution is -0.384. The summed E-state index contributed by atoms with van der Waals surface area (Å²) < 4.78 is 0. The topological polar surface area (TPSA) is 58.4 Å². The first-order valence-corrected chi connectivity index (χ1v) is 7.34. The Morgan fingerprint density at radius 1 is 1.25 bits per heavy atom. The molecule has 0 aliphatic heterocycles. The third kappa shape index (κ3) is 4.81. The van der Waals surface area contributed by atoms with Gasteiger partial charge in [-0.1, -0.05) is 37.0 Å². The van der Waals surface area contributed by atoms with Gasteiger partial charge in [0.1, 0.15) is 0 Å². The number of non-ortho nitro benzene ring substituents is 1. The van der Waals surface area contributed by atoms with Crippen molar-refractivity contribution < 1.29 is 4.92 Å². The van der Waals surface area contributed by atoms with Crippen molar-refractivity contribution in [3.63, 3.8) is 0 Å². The number of likely N-dealkylation sites (N-methyl/N-ethyl adjacent to an activating group) is 1. The summed E-state index contributed by atoms with van der Waals surface area (Å²) >= 11 is 12.0. The van der Waals surface area contributed by atoms with Gasteiger partial charge < -0.3 is 10.2 Å². The average molecular weight is 320 g/mol. The Morgan fingerprint density at radius 3 is 2.30 bits per heavy atom. The number of nitrogens with one attached hydrogen (secondary N) is 1. The highest BCUT2D eigenvalue weighted by Gasteiger charge is 2.14. The monoisotopic (exact) mass is 319 g/mol. The zero-order valence-corrected chi connectivity index (χ0v) is 13.2. The van der Waals surface area contributed by atoms with Gasteiger partial charge in [0.25, 0.3) is 5.69 Å². The van der Waals surface area contributed by atoms with Crippen LogP contribution in [-0.2, 0) is 0 Å². The summed E-state index contributed by atoms with van der Waals surface area (Å²) in [5, 5.41) is 14.4. The Hall–Kier alpha value is -1.04. The second-order valence-corrected chi connectivity index (χ2v) is 5.22. The predicted molar refractivity (Wildman–Crippen MR) is 84.0 cm³/mol. The normalized spacial score (nSPS) is 10.8. The molecule has 5 nitrogen and oxygen atoms in total. The molecule has 112 valence electrons. The van der Waals surface area contributed by atoms with Crippen molar-refractivity contribution in [3.8, 4) is 0 Å². The van der Waals surface area contributed by atoms with Crippen LogP contribution in [0.1, 0.15) is 20.3 Å². The lowest BCUT2D eigenvalue weighted by Crippen LogP contribution is -2.29.